The normalized spacial score (nSPS) is 12.0. The van der Waals surface area contributed by atoms with Gasteiger partial charge in [0.15, 0.2) is 5.96 Å². The number of halogens is 1. The predicted octanol–water partition coefficient (Wildman–Crippen LogP) is 0.248. The van der Waals surface area contributed by atoms with E-state index < -0.39 is 10.0 Å². The van der Waals surface area contributed by atoms with E-state index in [0.29, 0.717) is 25.6 Å². The number of nitrogens with two attached hydrogens (primary N) is 1. The van der Waals surface area contributed by atoms with Gasteiger partial charge >= 0.3 is 0 Å². The summed E-state index contributed by atoms with van der Waals surface area (Å²) in [5.74, 6) is 0.455. The molecule has 0 spiro atoms. The monoisotopic (exact) mass is 378 g/mol. The summed E-state index contributed by atoms with van der Waals surface area (Å²) in [6.07, 6.45) is 2.08. The molecule has 0 fully saturated rings. The van der Waals surface area contributed by atoms with Gasteiger partial charge in [-0.25, -0.2) is 13.1 Å². The first kappa shape index (κ1) is 19.3. The highest BCUT2D eigenvalue weighted by Gasteiger charge is 2.03. The van der Waals surface area contributed by atoms with E-state index in [4.69, 9.17) is 5.73 Å². The Labute approximate surface area is 121 Å². The first-order valence-corrected chi connectivity index (χ1v) is 7.18. The van der Waals surface area contributed by atoms with Crippen molar-refractivity contribution in [1.82, 2.24) is 10.0 Å². The van der Waals surface area contributed by atoms with Crippen LogP contribution in [0.5, 0.6) is 0 Å². The molecule has 0 saturated carbocycles. The maximum Gasteiger partial charge on any atom is 0.211 e. The van der Waals surface area contributed by atoms with Crippen molar-refractivity contribution in [2.75, 3.05) is 25.4 Å². The molecule has 0 bridgehead atoms. The Kier molecular flexibility index (Phi) is 12.5. The summed E-state index contributed by atoms with van der Waals surface area (Å²) in [5.41, 5.74) is 5.56. The number of aliphatic imine (C=N–C) groups is 1. The Morgan fingerprint density at radius 1 is 1.29 bits per heavy atom. The van der Waals surface area contributed by atoms with Crippen LogP contribution in [-0.2, 0) is 10.0 Å². The molecule has 0 aromatic heterocycles. The average molecular weight is 378 g/mol. The van der Waals surface area contributed by atoms with Gasteiger partial charge in [-0.15, -0.1) is 24.0 Å². The third kappa shape index (κ3) is 12.2. The summed E-state index contributed by atoms with van der Waals surface area (Å²) in [5, 5.41) is 2.84. The number of nitrogens with zero attached hydrogens (tertiary/aromatic N) is 1. The summed E-state index contributed by atoms with van der Waals surface area (Å²) in [7, 11) is -3.11. The molecule has 0 aromatic carbocycles. The summed E-state index contributed by atoms with van der Waals surface area (Å²) >= 11 is 0. The van der Waals surface area contributed by atoms with Gasteiger partial charge < -0.3 is 11.1 Å². The molecule has 4 N–H and O–H groups in total. The van der Waals surface area contributed by atoms with Crippen molar-refractivity contribution in [3.05, 3.63) is 0 Å². The molecule has 0 aliphatic heterocycles. The fourth-order valence-corrected chi connectivity index (χ4v) is 1.53. The Morgan fingerprint density at radius 2 is 1.94 bits per heavy atom. The molecule has 0 amide bonds. The van der Waals surface area contributed by atoms with Gasteiger partial charge in [0, 0.05) is 19.6 Å². The van der Waals surface area contributed by atoms with Gasteiger partial charge in [0.1, 0.15) is 0 Å². The summed E-state index contributed by atoms with van der Waals surface area (Å²) < 4.78 is 24.5. The van der Waals surface area contributed by atoms with E-state index in [2.05, 4.69) is 22.0 Å². The standard InChI is InChI=1S/C9H22N4O2S.HI/c1-3-5-6-11-9(10)12-7-8-13-16(14,15)4-2;/h13H,3-8H2,1-2H3,(H3,10,11,12);1H. The highest BCUT2D eigenvalue weighted by Crippen LogP contribution is 1.85. The largest absolute Gasteiger partial charge is 0.370 e. The molecule has 6 nitrogen and oxygen atoms in total. The zero-order chi connectivity index (χ0) is 12.4. The van der Waals surface area contributed by atoms with Gasteiger partial charge in [0.05, 0.1) is 5.75 Å². The molecule has 8 heteroatoms. The first-order valence-electron chi connectivity index (χ1n) is 5.53. The van der Waals surface area contributed by atoms with Crippen LogP contribution in [0.1, 0.15) is 26.7 Å². The van der Waals surface area contributed by atoms with Crippen molar-refractivity contribution < 1.29 is 8.42 Å². The lowest BCUT2D eigenvalue weighted by Crippen LogP contribution is -2.38. The number of hydrogen-bond acceptors (Lipinski definition) is 3. The van der Waals surface area contributed by atoms with Crippen molar-refractivity contribution in [2.45, 2.75) is 26.7 Å². The lowest BCUT2D eigenvalue weighted by molar-refractivity contribution is 0.582. The third-order valence-corrected chi connectivity index (χ3v) is 3.33. The van der Waals surface area contributed by atoms with E-state index >= 15 is 0 Å². The molecule has 0 aliphatic rings. The molecule has 0 aliphatic carbocycles. The van der Waals surface area contributed by atoms with Crippen LogP contribution in [0.3, 0.4) is 0 Å². The molecule has 104 valence electrons. The van der Waals surface area contributed by atoms with Crippen LogP contribution in [0.25, 0.3) is 0 Å². The summed E-state index contributed by atoms with van der Waals surface area (Å²) in [6.45, 7) is 5.14. The molecule has 0 aromatic rings. The smallest absolute Gasteiger partial charge is 0.211 e. The average Bonchev–Trinajstić information content (AvgIpc) is 2.25. The predicted molar refractivity (Wildman–Crippen MR) is 82.3 cm³/mol. The molecule has 0 radical (unpaired) electrons. The van der Waals surface area contributed by atoms with E-state index in [0.717, 1.165) is 12.8 Å². The highest BCUT2D eigenvalue weighted by atomic mass is 127. The zero-order valence-corrected chi connectivity index (χ0v) is 13.5. The summed E-state index contributed by atoms with van der Waals surface area (Å²) in [6, 6.07) is 0. The van der Waals surface area contributed by atoms with E-state index in [1.165, 1.54) is 0 Å². The van der Waals surface area contributed by atoms with E-state index in [9.17, 15) is 8.42 Å². The molecule has 0 rings (SSSR count). The molecule has 0 unspecified atom stereocenters. The van der Waals surface area contributed by atoms with Gasteiger partial charge in [-0.3, -0.25) is 4.99 Å². The minimum atomic E-state index is -3.11. The van der Waals surface area contributed by atoms with Gasteiger partial charge in [-0.1, -0.05) is 13.3 Å². The first-order chi connectivity index (χ1) is 7.52. The Hall–Kier alpha value is -0.0900. The van der Waals surface area contributed by atoms with Crippen molar-refractivity contribution in [3.63, 3.8) is 0 Å². The Bertz CT molecular complexity index is 306. The fourth-order valence-electron chi connectivity index (χ4n) is 0.913. The lowest BCUT2D eigenvalue weighted by Gasteiger charge is -2.06. The maximum absolute atomic E-state index is 11.1. The highest BCUT2D eigenvalue weighted by molar-refractivity contribution is 14.0. The van der Waals surface area contributed by atoms with Crippen molar-refractivity contribution in [3.8, 4) is 0 Å². The van der Waals surface area contributed by atoms with Crippen LogP contribution in [-0.4, -0.2) is 39.8 Å². The van der Waals surface area contributed by atoms with E-state index in [-0.39, 0.29) is 29.7 Å². The molecular weight excluding hydrogens is 355 g/mol. The van der Waals surface area contributed by atoms with Crippen LogP contribution in [0.4, 0.5) is 0 Å². The molecule has 0 atom stereocenters. The topological polar surface area (TPSA) is 96.6 Å². The number of guanidine groups is 1. The van der Waals surface area contributed by atoms with Gasteiger partial charge in [-0.2, -0.15) is 0 Å². The van der Waals surface area contributed by atoms with Crippen LogP contribution >= 0.6 is 24.0 Å². The minimum Gasteiger partial charge on any atom is -0.370 e. The molecule has 17 heavy (non-hydrogen) atoms. The zero-order valence-electron chi connectivity index (χ0n) is 10.4. The van der Waals surface area contributed by atoms with Crippen LogP contribution in [0.15, 0.2) is 4.99 Å². The Morgan fingerprint density at radius 3 is 2.47 bits per heavy atom. The number of sulfonamides is 1. The molecule has 0 heterocycles. The fraction of sp³-hybridized carbons (Fsp3) is 0.889. The van der Waals surface area contributed by atoms with Crippen molar-refractivity contribution >= 4 is 40.0 Å². The maximum atomic E-state index is 11.1. The van der Waals surface area contributed by atoms with Gasteiger partial charge in [0.25, 0.3) is 0 Å². The lowest BCUT2D eigenvalue weighted by atomic mass is 10.3. The number of unbranched alkanes of at least 4 members (excludes halogenated alkanes) is 1. The second-order valence-corrected chi connectivity index (χ2v) is 5.44. The molecular formula is C9H23IN4O2S. The quantitative estimate of drug-likeness (QED) is 0.244. The van der Waals surface area contributed by atoms with E-state index in [1.807, 2.05) is 0 Å². The van der Waals surface area contributed by atoms with Gasteiger partial charge in [-0.05, 0) is 13.3 Å². The number of nitrogens with one attached hydrogen (secondary N) is 2. The van der Waals surface area contributed by atoms with Gasteiger partial charge in [0.2, 0.25) is 10.0 Å². The van der Waals surface area contributed by atoms with Crippen LogP contribution in [0, 0.1) is 0 Å². The van der Waals surface area contributed by atoms with Crippen molar-refractivity contribution in [2.24, 2.45) is 10.7 Å². The third-order valence-electron chi connectivity index (χ3n) is 1.93. The second-order valence-electron chi connectivity index (χ2n) is 3.35. The number of hydrogen-bond donors (Lipinski definition) is 3. The molecule has 0 saturated heterocycles. The number of rotatable bonds is 8. The van der Waals surface area contributed by atoms with Crippen molar-refractivity contribution in [1.29, 1.82) is 0 Å². The van der Waals surface area contributed by atoms with E-state index in [1.54, 1.807) is 6.92 Å². The SMILES string of the molecule is CCCCN=C(N)NCCNS(=O)(=O)CC.I. The van der Waals surface area contributed by atoms with Crippen LogP contribution in [0.2, 0.25) is 0 Å². The van der Waals surface area contributed by atoms with Crippen LogP contribution < -0.4 is 15.8 Å². The Balaban J connectivity index is 0. The summed E-state index contributed by atoms with van der Waals surface area (Å²) in [4.78, 5) is 4.07. The second kappa shape index (κ2) is 11.0. The minimum absolute atomic E-state index is 0.